The standard InChI is InChI=1S/C25H34ClN3O5S/c1-5-23(25(31)27-6-2)28(18-19-9-7-10-22(17-19)34-3)24(30)11-8-16-29(35(4,32)33)21-14-12-20(26)13-15-21/h7,9-10,12-15,17,23H,5-6,8,11,16,18H2,1-4H3,(H,27,31)/t23-/m0/s1. The first kappa shape index (κ1) is 28.5. The summed E-state index contributed by atoms with van der Waals surface area (Å²) in [4.78, 5) is 27.6. The van der Waals surface area contributed by atoms with Crippen LogP contribution in [0.5, 0.6) is 5.75 Å². The van der Waals surface area contributed by atoms with Gasteiger partial charge in [0, 0.05) is 31.1 Å². The predicted molar refractivity (Wildman–Crippen MR) is 139 cm³/mol. The van der Waals surface area contributed by atoms with Gasteiger partial charge in [-0.2, -0.15) is 0 Å². The molecule has 8 nitrogen and oxygen atoms in total. The Balaban J connectivity index is 2.21. The molecule has 0 saturated carbocycles. The van der Waals surface area contributed by atoms with Crippen molar-refractivity contribution < 1.29 is 22.7 Å². The number of halogens is 1. The van der Waals surface area contributed by atoms with Gasteiger partial charge in [-0.1, -0.05) is 30.7 Å². The monoisotopic (exact) mass is 523 g/mol. The number of ether oxygens (including phenoxy) is 1. The van der Waals surface area contributed by atoms with Crippen LogP contribution in [-0.2, 0) is 26.2 Å². The number of nitrogens with zero attached hydrogens (tertiary/aromatic N) is 2. The highest BCUT2D eigenvalue weighted by Gasteiger charge is 2.28. The molecule has 192 valence electrons. The Labute approximate surface area is 213 Å². The summed E-state index contributed by atoms with van der Waals surface area (Å²) in [5, 5.41) is 3.31. The van der Waals surface area contributed by atoms with Crippen molar-refractivity contribution in [3.8, 4) is 5.75 Å². The average Bonchev–Trinajstić information content (AvgIpc) is 2.82. The molecule has 0 bridgehead atoms. The van der Waals surface area contributed by atoms with Gasteiger partial charge < -0.3 is 15.0 Å². The number of methoxy groups -OCH3 is 1. The van der Waals surface area contributed by atoms with E-state index < -0.39 is 16.1 Å². The number of nitrogens with one attached hydrogen (secondary N) is 1. The highest BCUT2D eigenvalue weighted by atomic mass is 35.5. The van der Waals surface area contributed by atoms with Crippen LogP contribution in [0.2, 0.25) is 5.02 Å². The van der Waals surface area contributed by atoms with Crippen LogP contribution in [0.25, 0.3) is 0 Å². The lowest BCUT2D eigenvalue weighted by Crippen LogP contribution is -2.49. The van der Waals surface area contributed by atoms with Gasteiger partial charge in [0.05, 0.1) is 19.1 Å². The Bertz CT molecular complexity index is 1090. The van der Waals surface area contributed by atoms with Crippen molar-refractivity contribution in [1.82, 2.24) is 10.2 Å². The molecule has 1 atom stereocenters. The van der Waals surface area contributed by atoms with Crippen molar-refractivity contribution in [1.29, 1.82) is 0 Å². The molecular formula is C25H34ClN3O5S. The van der Waals surface area contributed by atoms with Crippen molar-refractivity contribution in [2.75, 3.05) is 30.8 Å². The molecule has 0 spiro atoms. The first-order valence-electron chi connectivity index (χ1n) is 11.5. The fourth-order valence-corrected chi connectivity index (χ4v) is 4.88. The van der Waals surface area contributed by atoms with Gasteiger partial charge in [-0.05, 0) is 61.7 Å². The molecule has 0 fully saturated rings. The Hall–Kier alpha value is -2.78. The molecule has 2 aromatic rings. The number of hydrogen-bond donors (Lipinski definition) is 1. The molecule has 10 heteroatoms. The molecule has 0 saturated heterocycles. The number of rotatable bonds is 13. The largest absolute Gasteiger partial charge is 0.497 e. The maximum Gasteiger partial charge on any atom is 0.242 e. The molecule has 1 N–H and O–H groups in total. The first-order valence-corrected chi connectivity index (χ1v) is 13.8. The second-order valence-electron chi connectivity index (χ2n) is 8.11. The minimum absolute atomic E-state index is 0.0828. The van der Waals surface area contributed by atoms with E-state index in [1.807, 2.05) is 38.1 Å². The summed E-state index contributed by atoms with van der Waals surface area (Å²) in [5.74, 6) is 0.216. The second kappa shape index (κ2) is 13.3. The number of carbonyl (C=O) groups is 2. The highest BCUT2D eigenvalue weighted by Crippen LogP contribution is 2.22. The summed E-state index contributed by atoms with van der Waals surface area (Å²) in [6.45, 7) is 4.50. The van der Waals surface area contributed by atoms with Crippen molar-refractivity contribution in [2.24, 2.45) is 0 Å². The van der Waals surface area contributed by atoms with Gasteiger partial charge in [0.25, 0.3) is 0 Å². The Morgan fingerprint density at radius 1 is 1.11 bits per heavy atom. The SMILES string of the molecule is CCNC(=O)[C@H](CC)N(Cc1cccc(OC)c1)C(=O)CCCN(c1ccc(Cl)cc1)S(C)(=O)=O. The molecule has 0 radical (unpaired) electrons. The van der Waals surface area contributed by atoms with Crippen LogP contribution in [-0.4, -0.2) is 57.6 Å². The topological polar surface area (TPSA) is 96.0 Å². The summed E-state index contributed by atoms with van der Waals surface area (Å²) < 4.78 is 31.3. The smallest absolute Gasteiger partial charge is 0.242 e. The van der Waals surface area contributed by atoms with E-state index in [2.05, 4.69) is 5.32 Å². The molecule has 2 amide bonds. The van der Waals surface area contributed by atoms with Gasteiger partial charge in [0.2, 0.25) is 21.8 Å². The van der Waals surface area contributed by atoms with E-state index in [1.165, 1.54) is 4.31 Å². The molecule has 35 heavy (non-hydrogen) atoms. The third-order valence-corrected chi connectivity index (χ3v) is 6.94. The van der Waals surface area contributed by atoms with Crippen molar-refractivity contribution in [3.63, 3.8) is 0 Å². The van der Waals surface area contributed by atoms with E-state index >= 15 is 0 Å². The lowest BCUT2D eigenvalue weighted by molar-refractivity contribution is -0.141. The zero-order valence-corrected chi connectivity index (χ0v) is 22.2. The van der Waals surface area contributed by atoms with E-state index in [1.54, 1.807) is 36.3 Å². The molecule has 0 aliphatic carbocycles. The van der Waals surface area contributed by atoms with E-state index in [-0.39, 0.29) is 37.7 Å². The lowest BCUT2D eigenvalue weighted by atomic mass is 10.1. The zero-order chi connectivity index (χ0) is 26.0. The molecule has 0 aromatic heterocycles. The molecule has 2 rings (SSSR count). The number of amides is 2. The van der Waals surface area contributed by atoms with Crippen LogP contribution >= 0.6 is 11.6 Å². The second-order valence-corrected chi connectivity index (χ2v) is 10.5. The number of likely N-dealkylation sites (N-methyl/N-ethyl adjacent to an activating group) is 1. The van der Waals surface area contributed by atoms with Gasteiger partial charge in [-0.15, -0.1) is 0 Å². The van der Waals surface area contributed by atoms with Gasteiger partial charge in [0.1, 0.15) is 11.8 Å². The maximum atomic E-state index is 13.4. The third kappa shape index (κ3) is 8.43. The maximum absolute atomic E-state index is 13.4. The summed E-state index contributed by atoms with van der Waals surface area (Å²) >= 11 is 5.93. The third-order valence-electron chi connectivity index (χ3n) is 5.49. The highest BCUT2D eigenvalue weighted by molar-refractivity contribution is 7.92. The molecule has 0 aliphatic heterocycles. The molecule has 0 unspecified atom stereocenters. The molecule has 0 heterocycles. The zero-order valence-electron chi connectivity index (χ0n) is 20.7. The first-order chi connectivity index (χ1) is 16.6. The number of benzene rings is 2. The molecule has 0 aliphatic rings. The fourth-order valence-electron chi connectivity index (χ4n) is 3.79. The van der Waals surface area contributed by atoms with E-state index in [4.69, 9.17) is 16.3 Å². The average molecular weight is 524 g/mol. The lowest BCUT2D eigenvalue weighted by Gasteiger charge is -2.31. The number of hydrogen-bond acceptors (Lipinski definition) is 5. The Kier molecular flexibility index (Phi) is 10.9. The van der Waals surface area contributed by atoms with Crippen molar-refractivity contribution >= 4 is 39.1 Å². The number of carbonyl (C=O) groups excluding carboxylic acids is 2. The summed E-state index contributed by atoms with van der Waals surface area (Å²) in [5.41, 5.74) is 1.31. The Morgan fingerprint density at radius 2 is 1.80 bits per heavy atom. The van der Waals surface area contributed by atoms with E-state index in [9.17, 15) is 18.0 Å². The Morgan fingerprint density at radius 3 is 2.37 bits per heavy atom. The van der Waals surface area contributed by atoms with Crippen LogP contribution in [0.4, 0.5) is 5.69 Å². The van der Waals surface area contributed by atoms with Gasteiger partial charge >= 0.3 is 0 Å². The summed E-state index contributed by atoms with van der Waals surface area (Å²) in [6, 6.07) is 13.2. The minimum atomic E-state index is -3.56. The van der Waals surface area contributed by atoms with Crippen LogP contribution < -0.4 is 14.4 Å². The van der Waals surface area contributed by atoms with Crippen molar-refractivity contribution in [3.05, 3.63) is 59.1 Å². The summed E-state index contributed by atoms with van der Waals surface area (Å²) in [6.07, 6.45) is 1.94. The van der Waals surface area contributed by atoms with E-state index in [0.29, 0.717) is 29.4 Å². The molecule has 2 aromatic carbocycles. The van der Waals surface area contributed by atoms with E-state index in [0.717, 1.165) is 11.8 Å². The van der Waals surface area contributed by atoms with Crippen LogP contribution in [0, 0.1) is 0 Å². The number of anilines is 1. The van der Waals surface area contributed by atoms with Gasteiger partial charge in [0.15, 0.2) is 0 Å². The van der Waals surface area contributed by atoms with Crippen LogP contribution in [0.3, 0.4) is 0 Å². The minimum Gasteiger partial charge on any atom is -0.497 e. The van der Waals surface area contributed by atoms with Gasteiger partial charge in [-0.25, -0.2) is 8.42 Å². The van der Waals surface area contributed by atoms with Crippen molar-refractivity contribution in [2.45, 2.75) is 45.7 Å². The summed E-state index contributed by atoms with van der Waals surface area (Å²) in [7, 11) is -1.99. The van der Waals surface area contributed by atoms with Gasteiger partial charge in [-0.3, -0.25) is 13.9 Å². The normalized spacial score (nSPS) is 12.0. The quantitative estimate of drug-likeness (QED) is 0.430. The van der Waals surface area contributed by atoms with Crippen LogP contribution in [0.1, 0.15) is 38.7 Å². The molecular weight excluding hydrogens is 490 g/mol. The number of sulfonamides is 1. The van der Waals surface area contributed by atoms with Crippen LogP contribution in [0.15, 0.2) is 48.5 Å². The fraction of sp³-hybridized carbons (Fsp3) is 0.440. The predicted octanol–water partition coefficient (Wildman–Crippen LogP) is 3.84.